The molecule has 1 fully saturated rings. The fraction of sp³-hybridized carbons (Fsp3) is 0.488. The number of ether oxygens (including phenoxy) is 6. The van der Waals surface area contributed by atoms with Crippen LogP contribution < -0.4 is 29.0 Å². The Morgan fingerprint density at radius 3 is 2.15 bits per heavy atom. The SMILES string of the molecule is COc1c(C)c(OC)c2c(c1O)C(N(C)C)C1Cc3c(OC)c(C)c(OC)c(O)c3C(CNC(=O)c3cc4cc(OC5CCOCC5)ccc4o3)N1CC2. The largest absolute Gasteiger partial charge is 0.504 e. The number of hydrogen-bond donors (Lipinski definition) is 3. The number of phenolic OH excluding ortho intramolecular Hbond substituents is 2. The van der Waals surface area contributed by atoms with Crippen LogP contribution in [0.4, 0.5) is 0 Å². The molecule has 3 N–H and O–H groups in total. The second-order valence-corrected chi connectivity index (χ2v) is 14.5. The molecule has 3 aliphatic rings. The van der Waals surface area contributed by atoms with Gasteiger partial charge in [0.15, 0.2) is 28.8 Å². The summed E-state index contributed by atoms with van der Waals surface area (Å²) in [5, 5.41) is 27.7. The first-order valence-corrected chi connectivity index (χ1v) is 18.4. The van der Waals surface area contributed by atoms with Crippen molar-refractivity contribution in [3.8, 4) is 40.2 Å². The number of nitrogens with zero attached hydrogens (tertiary/aromatic N) is 2. The maximum absolute atomic E-state index is 13.9. The molecular weight excluding hydrogens is 694 g/mol. The van der Waals surface area contributed by atoms with Gasteiger partial charge in [0.1, 0.15) is 28.9 Å². The van der Waals surface area contributed by atoms with Crippen LogP contribution >= 0.6 is 0 Å². The van der Waals surface area contributed by atoms with Crippen LogP contribution in [0, 0.1) is 13.8 Å². The van der Waals surface area contributed by atoms with E-state index in [2.05, 4.69) is 15.1 Å². The highest BCUT2D eigenvalue weighted by Gasteiger charge is 2.47. The number of carbonyl (C=O) groups is 1. The summed E-state index contributed by atoms with van der Waals surface area (Å²) in [6.45, 7) is 5.75. The third-order valence-corrected chi connectivity index (χ3v) is 11.4. The van der Waals surface area contributed by atoms with Gasteiger partial charge in [-0.25, -0.2) is 0 Å². The van der Waals surface area contributed by atoms with Crippen molar-refractivity contribution in [3.63, 3.8) is 0 Å². The van der Waals surface area contributed by atoms with Crippen LogP contribution in [0.5, 0.6) is 40.2 Å². The number of phenols is 2. The van der Waals surface area contributed by atoms with Crippen LogP contribution in [0.1, 0.15) is 68.9 Å². The molecule has 3 unspecified atom stereocenters. The van der Waals surface area contributed by atoms with Crippen molar-refractivity contribution in [2.75, 3.05) is 68.8 Å². The first-order valence-electron chi connectivity index (χ1n) is 18.4. The predicted octanol–water partition coefficient (Wildman–Crippen LogP) is 5.61. The minimum absolute atomic E-state index is 0.00500. The van der Waals surface area contributed by atoms with Crippen molar-refractivity contribution in [1.29, 1.82) is 0 Å². The molecule has 13 nitrogen and oxygen atoms in total. The van der Waals surface area contributed by atoms with Crippen LogP contribution in [0.3, 0.4) is 0 Å². The standard InChI is InChI=1S/C41H51N3O10/c1-21-37(48-5)26-11-14-44-28(34(43(3)4)33(26)36(46)40(21)51-8)19-27-32(35(45)39(50-7)22(2)38(27)49-6)29(44)20-42-41(47)31-18-23-17-25(9-10-30(23)54-31)53-24-12-15-52-16-13-24/h9-10,17-18,24,28-29,34,45-46H,11-16,19-20H2,1-8H3,(H,42,47). The van der Waals surface area contributed by atoms with Crippen LogP contribution in [0.25, 0.3) is 11.0 Å². The van der Waals surface area contributed by atoms with Gasteiger partial charge in [0.2, 0.25) is 0 Å². The number of fused-ring (bicyclic) bond motifs is 4. The minimum atomic E-state index is -0.525. The summed E-state index contributed by atoms with van der Waals surface area (Å²) >= 11 is 0. The topological polar surface area (TPSA) is 145 Å². The Morgan fingerprint density at radius 1 is 0.889 bits per heavy atom. The fourth-order valence-corrected chi connectivity index (χ4v) is 9.03. The summed E-state index contributed by atoms with van der Waals surface area (Å²) in [6.07, 6.45) is 2.75. The number of furan rings is 1. The molecule has 1 aromatic heterocycles. The Bertz CT molecular complexity index is 2050. The van der Waals surface area contributed by atoms with E-state index < -0.39 is 11.9 Å². The number of aromatic hydroxyl groups is 2. The molecule has 3 aliphatic heterocycles. The molecule has 0 radical (unpaired) electrons. The smallest absolute Gasteiger partial charge is 0.287 e. The normalized spacial score (nSPS) is 20.1. The molecule has 4 aromatic rings. The average molecular weight is 746 g/mol. The van der Waals surface area contributed by atoms with Gasteiger partial charge in [-0.05, 0) is 65.0 Å². The highest BCUT2D eigenvalue weighted by atomic mass is 16.5. The summed E-state index contributed by atoms with van der Waals surface area (Å²) in [5.41, 5.74) is 5.02. The number of carbonyl (C=O) groups excluding carboxylic acids is 1. The monoisotopic (exact) mass is 745 g/mol. The predicted molar refractivity (Wildman–Crippen MR) is 202 cm³/mol. The van der Waals surface area contributed by atoms with Gasteiger partial charge in [0.05, 0.1) is 53.7 Å². The van der Waals surface area contributed by atoms with Gasteiger partial charge in [0.25, 0.3) is 5.91 Å². The highest BCUT2D eigenvalue weighted by molar-refractivity contribution is 5.96. The Kier molecular flexibility index (Phi) is 10.5. The number of amides is 1. The molecule has 290 valence electrons. The van der Waals surface area contributed by atoms with Crippen LogP contribution in [-0.4, -0.2) is 107 Å². The Labute approximate surface area is 315 Å². The maximum Gasteiger partial charge on any atom is 0.287 e. The minimum Gasteiger partial charge on any atom is -0.504 e. The van der Waals surface area contributed by atoms with Gasteiger partial charge in [0, 0.05) is 70.7 Å². The zero-order valence-electron chi connectivity index (χ0n) is 32.3. The van der Waals surface area contributed by atoms with Crippen molar-refractivity contribution in [3.05, 3.63) is 63.4 Å². The quantitative estimate of drug-likeness (QED) is 0.186. The lowest BCUT2D eigenvalue weighted by Gasteiger charge is -2.47. The van der Waals surface area contributed by atoms with Gasteiger partial charge in [-0.1, -0.05) is 0 Å². The van der Waals surface area contributed by atoms with Crippen molar-refractivity contribution in [1.82, 2.24) is 15.1 Å². The van der Waals surface area contributed by atoms with Crippen molar-refractivity contribution in [2.45, 2.75) is 63.8 Å². The summed E-state index contributed by atoms with van der Waals surface area (Å²) in [5.74, 6) is 2.53. The second-order valence-electron chi connectivity index (χ2n) is 14.5. The lowest BCUT2D eigenvalue weighted by Crippen LogP contribution is -2.52. The third-order valence-electron chi connectivity index (χ3n) is 11.4. The number of methoxy groups -OCH3 is 4. The number of rotatable bonds is 10. The third kappa shape index (κ3) is 6.31. The van der Waals surface area contributed by atoms with Crippen LogP contribution in [0.15, 0.2) is 28.7 Å². The maximum atomic E-state index is 13.9. The van der Waals surface area contributed by atoms with Gasteiger partial charge in [-0.3, -0.25) is 9.69 Å². The summed E-state index contributed by atoms with van der Waals surface area (Å²) in [6, 6.07) is 6.18. The van der Waals surface area contributed by atoms with Crippen molar-refractivity contribution >= 4 is 16.9 Å². The summed E-state index contributed by atoms with van der Waals surface area (Å²) in [7, 11) is 10.3. The van der Waals surface area contributed by atoms with E-state index >= 15 is 0 Å². The van der Waals surface area contributed by atoms with E-state index in [0.29, 0.717) is 83.6 Å². The number of hydrogen-bond acceptors (Lipinski definition) is 12. The molecule has 0 aliphatic carbocycles. The highest BCUT2D eigenvalue weighted by Crippen LogP contribution is 2.55. The number of benzene rings is 3. The molecule has 0 saturated carbocycles. The zero-order valence-corrected chi connectivity index (χ0v) is 32.3. The molecule has 0 bridgehead atoms. The lowest BCUT2D eigenvalue weighted by atomic mass is 9.80. The molecule has 1 saturated heterocycles. The molecule has 3 aromatic carbocycles. The van der Waals surface area contributed by atoms with E-state index in [1.165, 1.54) is 7.11 Å². The number of likely N-dealkylation sites (N-methyl/N-ethyl adjacent to an activating group) is 1. The Morgan fingerprint density at radius 2 is 1.52 bits per heavy atom. The lowest BCUT2D eigenvalue weighted by molar-refractivity contribution is 0.0256. The van der Waals surface area contributed by atoms with E-state index in [-0.39, 0.29) is 42.0 Å². The van der Waals surface area contributed by atoms with E-state index in [0.717, 1.165) is 34.9 Å². The second kappa shape index (κ2) is 15.1. The molecule has 7 rings (SSSR count). The summed E-state index contributed by atoms with van der Waals surface area (Å²) < 4.78 is 41.2. The van der Waals surface area contributed by atoms with Crippen molar-refractivity contribution < 1.29 is 47.8 Å². The molecule has 13 heteroatoms. The molecular formula is C41H51N3O10. The molecule has 0 spiro atoms. The molecule has 1 amide bonds. The molecule has 3 atom stereocenters. The van der Waals surface area contributed by atoms with E-state index in [1.807, 2.05) is 46.1 Å². The van der Waals surface area contributed by atoms with E-state index in [4.69, 9.17) is 32.8 Å². The molecule has 4 heterocycles. The van der Waals surface area contributed by atoms with E-state index in [9.17, 15) is 15.0 Å². The molecule has 54 heavy (non-hydrogen) atoms. The van der Waals surface area contributed by atoms with Crippen LogP contribution in [0.2, 0.25) is 0 Å². The first kappa shape index (κ1) is 37.5. The number of nitrogens with one attached hydrogen (secondary N) is 1. The van der Waals surface area contributed by atoms with Gasteiger partial charge in [-0.15, -0.1) is 0 Å². The van der Waals surface area contributed by atoms with Gasteiger partial charge < -0.3 is 53.3 Å². The van der Waals surface area contributed by atoms with Crippen LogP contribution in [-0.2, 0) is 17.6 Å². The fourth-order valence-electron chi connectivity index (χ4n) is 9.03. The van der Waals surface area contributed by atoms with Gasteiger partial charge >= 0.3 is 0 Å². The van der Waals surface area contributed by atoms with Crippen molar-refractivity contribution in [2.24, 2.45) is 0 Å². The summed E-state index contributed by atoms with van der Waals surface area (Å²) in [4.78, 5) is 18.3. The first-order chi connectivity index (χ1) is 26.0. The Balaban J connectivity index is 1.28. The van der Waals surface area contributed by atoms with E-state index in [1.54, 1.807) is 27.4 Å². The van der Waals surface area contributed by atoms with Gasteiger partial charge in [-0.2, -0.15) is 0 Å². The Hall–Kier alpha value is -4.85. The zero-order chi connectivity index (χ0) is 38.4. The average Bonchev–Trinajstić information content (AvgIpc) is 3.50.